The maximum Gasteiger partial charge on any atom is 0.0299 e. The van der Waals surface area contributed by atoms with E-state index in [1.54, 1.807) is 0 Å². The molecule has 1 N–H and O–H groups in total. The lowest BCUT2D eigenvalue weighted by Gasteiger charge is -2.19. The summed E-state index contributed by atoms with van der Waals surface area (Å²) >= 11 is 0. The summed E-state index contributed by atoms with van der Waals surface area (Å²) in [5.41, 5.74) is 5.59. The topological polar surface area (TPSA) is 24.9 Å². The van der Waals surface area contributed by atoms with Crippen molar-refractivity contribution in [2.45, 2.75) is 39.2 Å². The molecule has 0 bridgehead atoms. The van der Waals surface area contributed by atoms with Gasteiger partial charge in [-0.3, -0.25) is 4.98 Å². The largest absolute Gasteiger partial charge is 0.317 e. The molecule has 1 aromatic carbocycles. The Morgan fingerprint density at radius 1 is 1.10 bits per heavy atom. The van der Waals surface area contributed by atoms with Crippen LogP contribution in [0.25, 0.3) is 0 Å². The molecule has 20 heavy (non-hydrogen) atoms. The molecule has 0 spiro atoms. The van der Waals surface area contributed by atoms with Crippen LogP contribution >= 0.6 is 0 Å². The van der Waals surface area contributed by atoms with Gasteiger partial charge in [0.25, 0.3) is 0 Å². The minimum absolute atomic E-state index is 0.509. The van der Waals surface area contributed by atoms with E-state index in [0.717, 1.165) is 19.3 Å². The predicted molar refractivity (Wildman–Crippen MR) is 85.0 cm³/mol. The van der Waals surface area contributed by atoms with E-state index in [1.807, 2.05) is 18.5 Å². The van der Waals surface area contributed by atoms with Gasteiger partial charge in [0.1, 0.15) is 0 Å². The van der Waals surface area contributed by atoms with Crippen molar-refractivity contribution < 1.29 is 0 Å². The molecule has 0 aliphatic carbocycles. The Morgan fingerprint density at radius 3 is 2.45 bits per heavy atom. The highest BCUT2D eigenvalue weighted by Crippen LogP contribution is 2.17. The van der Waals surface area contributed by atoms with E-state index in [9.17, 15) is 0 Å². The molecule has 1 unspecified atom stereocenters. The van der Waals surface area contributed by atoms with Crippen molar-refractivity contribution in [3.05, 3.63) is 65.0 Å². The van der Waals surface area contributed by atoms with Crippen LogP contribution in [0.1, 0.15) is 28.7 Å². The second kappa shape index (κ2) is 7.20. The monoisotopic (exact) mass is 268 g/mol. The molecule has 0 aliphatic heterocycles. The summed E-state index contributed by atoms with van der Waals surface area (Å²) < 4.78 is 0. The number of benzene rings is 1. The Bertz CT molecular complexity index is 514. The molecule has 0 aliphatic rings. The van der Waals surface area contributed by atoms with Crippen molar-refractivity contribution in [3.8, 4) is 0 Å². The van der Waals surface area contributed by atoms with Gasteiger partial charge in [0, 0.05) is 18.4 Å². The fraction of sp³-hybridized carbons (Fsp3) is 0.389. The van der Waals surface area contributed by atoms with Crippen molar-refractivity contribution in [2.24, 2.45) is 0 Å². The average molecular weight is 268 g/mol. The van der Waals surface area contributed by atoms with Crippen LogP contribution in [0.4, 0.5) is 0 Å². The number of aromatic nitrogens is 1. The predicted octanol–water partition coefficient (Wildman–Crippen LogP) is 3.46. The number of hydrogen-bond donors (Lipinski definition) is 1. The fourth-order valence-electron chi connectivity index (χ4n) is 2.65. The van der Waals surface area contributed by atoms with E-state index in [-0.39, 0.29) is 0 Å². The third kappa shape index (κ3) is 3.91. The highest BCUT2D eigenvalue weighted by Gasteiger charge is 2.11. The van der Waals surface area contributed by atoms with Crippen LogP contribution in [-0.2, 0) is 12.8 Å². The van der Waals surface area contributed by atoms with E-state index in [0.29, 0.717) is 6.04 Å². The van der Waals surface area contributed by atoms with Gasteiger partial charge in [0.2, 0.25) is 0 Å². The lowest BCUT2D eigenvalue weighted by atomic mass is 9.94. The van der Waals surface area contributed by atoms with E-state index < -0.39 is 0 Å². The molecule has 0 saturated heterocycles. The molecule has 0 saturated carbocycles. The molecule has 1 heterocycles. The molecular weight excluding hydrogens is 244 g/mol. The zero-order valence-corrected chi connectivity index (χ0v) is 12.7. The molecule has 0 amide bonds. The lowest BCUT2D eigenvalue weighted by Crippen LogP contribution is -2.28. The molecule has 2 rings (SSSR count). The maximum absolute atomic E-state index is 4.18. The van der Waals surface area contributed by atoms with Gasteiger partial charge in [-0.05, 0) is 68.5 Å². The van der Waals surface area contributed by atoms with Crippen molar-refractivity contribution in [2.75, 3.05) is 7.05 Å². The summed E-state index contributed by atoms with van der Waals surface area (Å²) in [7, 11) is 2.06. The Balaban J connectivity index is 1.99. The third-order valence-corrected chi connectivity index (χ3v) is 4.01. The van der Waals surface area contributed by atoms with Crippen molar-refractivity contribution in [3.63, 3.8) is 0 Å². The van der Waals surface area contributed by atoms with Crippen LogP contribution < -0.4 is 5.32 Å². The normalized spacial score (nSPS) is 12.3. The van der Waals surface area contributed by atoms with Crippen molar-refractivity contribution in [1.29, 1.82) is 0 Å². The van der Waals surface area contributed by atoms with Gasteiger partial charge in [0.05, 0.1) is 0 Å². The third-order valence-electron chi connectivity index (χ3n) is 4.01. The number of aryl methyl sites for hydroxylation is 3. The zero-order valence-electron chi connectivity index (χ0n) is 12.7. The van der Waals surface area contributed by atoms with Crippen LogP contribution in [0, 0.1) is 13.8 Å². The minimum atomic E-state index is 0.509. The van der Waals surface area contributed by atoms with Gasteiger partial charge in [-0.15, -0.1) is 0 Å². The van der Waals surface area contributed by atoms with Gasteiger partial charge in [0.15, 0.2) is 0 Å². The van der Waals surface area contributed by atoms with Crippen LogP contribution in [0.5, 0.6) is 0 Å². The molecule has 0 radical (unpaired) electrons. The Labute approximate surface area is 122 Å². The molecule has 2 heteroatoms. The smallest absolute Gasteiger partial charge is 0.0299 e. The lowest BCUT2D eigenvalue weighted by molar-refractivity contribution is 0.518. The molecule has 2 nitrogen and oxygen atoms in total. The minimum Gasteiger partial charge on any atom is -0.317 e. The first-order chi connectivity index (χ1) is 9.70. The summed E-state index contributed by atoms with van der Waals surface area (Å²) in [6.45, 7) is 4.41. The first-order valence-corrected chi connectivity index (χ1v) is 7.32. The number of likely N-dealkylation sites (N-methyl/N-ethyl adjacent to an activating group) is 1. The molecule has 2 aromatic rings. The molecule has 0 fully saturated rings. The van der Waals surface area contributed by atoms with Gasteiger partial charge in [-0.1, -0.05) is 24.3 Å². The van der Waals surface area contributed by atoms with Crippen molar-refractivity contribution >= 4 is 0 Å². The molecule has 1 atom stereocenters. The number of hydrogen-bond acceptors (Lipinski definition) is 2. The Morgan fingerprint density at radius 2 is 1.85 bits per heavy atom. The standard InChI is InChI=1S/C18H24N2/c1-14-6-4-7-15(2)18(14)12-17(19-3)10-9-16-8-5-11-20-13-16/h4-8,11,13,17,19H,9-10,12H2,1-3H3. The van der Waals surface area contributed by atoms with Gasteiger partial charge in [-0.2, -0.15) is 0 Å². The Kier molecular flexibility index (Phi) is 5.31. The van der Waals surface area contributed by atoms with E-state index >= 15 is 0 Å². The highest BCUT2D eigenvalue weighted by atomic mass is 14.9. The SMILES string of the molecule is CNC(CCc1cccnc1)Cc1c(C)cccc1C. The molecule has 106 valence electrons. The summed E-state index contributed by atoms with van der Waals surface area (Å²) in [6, 6.07) is 11.2. The quantitative estimate of drug-likeness (QED) is 0.868. The number of pyridine rings is 1. The van der Waals surface area contributed by atoms with E-state index in [1.165, 1.54) is 22.3 Å². The van der Waals surface area contributed by atoms with Crippen LogP contribution in [0.2, 0.25) is 0 Å². The molecule has 1 aromatic heterocycles. The van der Waals surface area contributed by atoms with E-state index in [4.69, 9.17) is 0 Å². The number of rotatable bonds is 6. The number of nitrogens with one attached hydrogen (secondary N) is 1. The summed E-state index contributed by atoms with van der Waals surface area (Å²) in [6.07, 6.45) is 7.09. The molecular formula is C18H24N2. The second-order valence-corrected chi connectivity index (χ2v) is 5.46. The fourth-order valence-corrected chi connectivity index (χ4v) is 2.65. The number of nitrogens with zero attached hydrogens (tertiary/aromatic N) is 1. The van der Waals surface area contributed by atoms with Crippen LogP contribution in [-0.4, -0.2) is 18.1 Å². The first kappa shape index (κ1) is 14.7. The van der Waals surface area contributed by atoms with E-state index in [2.05, 4.69) is 55.5 Å². The summed E-state index contributed by atoms with van der Waals surface area (Å²) in [5.74, 6) is 0. The van der Waals surface area contributed by atoms with Gasteiger partial charge >= 0.3 is 0 Å². The maximum atomic E-state index is 4.18. The highest BCUT2D eigenvalue weighted by molar-refractivity contribution is 5.34. The first-order valence-electron chi connectivity index (χ1n) is 7.32. The summed E-state index contributed by atoms with van der Waals surface area (Å²) in [4.78, 5) is 4.18. The summed E-state index contributed by atoms with van der Waals surface area (Å²) in [5, 5.41) is 3.45. The second-order valence-electron chi connectivity index (χ2n) is 5.46. The van der Waals surface area contributed by atoms with Gasteiger partial charge in [-0.25, -0.2) is 0 Å². The van der Waals surface area contributed by atoms with Gasteiger partial charge < -0.3 is 5.32 Å². The average Bonchev–Trinajstić information content (AvgIpc) is 2.47. The zero-order chi connectivity index (χ0) is 14.4. The van der Waals surface area contributed by atoms with Crippen LogP contribution in [0.3, 0.4) is 0 Å². The Hall–Kier alpha value is -1.67. The van der Waals surface area contributed by atoms with Crippen molar-refractivity contribution in [1.82, 2.24) is 10.3 Å². The van der Waals surface area contributed by atoms with Crippen LogP contribution in [0.15, 0.2) is 42.7 Å².